The molecule has 20 heavy (non-hydrogen) atoms. The summed E-state index contributed by atoms with van der Waals surface area (Å²) in [4.78, 5) is 2.20. The summed E-state index contributed by atoms with van der Waals surface area (Å²) in [6, 6.07) is 13.4. The Morgan fingerprint density at radius 3 is 2.70 bits per heavy atom. The third-order valence-electron chi connectivity index (χ3n) is 3.68. The molecule has 0 saturated carbocycles. The van der Waals surface area contributed by atoms with Crippen LogP contribution >= 0.6 is 0 Å². The molecule has 0 spiro atoms. The van der Waals surface area contributed by atoms with E-state index < -0.39 is 0 Å². The maximum absolute atomic E-state index is 13.2. The van der Waals surface area contributed by atoms with Gasteiger partial charge in [-0.2, -0.15) is 0 Å². The summed E-state index contributed by atoms with van der Waals surface area (Å²) in [7, 11) is 2.06. The lowest BCUT2D eigenvalue weighted by molar-refractivity contribution is 0.318. The van der Waals surface area contributed by atoms with Crippen LogP contribution in [0.4, 0.5) is 10.1 Å². The Morgan fingerprint density at radius 2 is 1.90 bits per heavy atom. The van der Waals surface area contributed by atoms with Crippen molar-refractivity contribution in [1.29, 1.82) is 0 Å². The molecule has 1 aliphatic heterocycles. The maximum atomic E-state index is 13.2. The fourth-order valence-electron chi connectivity index (χ4n) is 2.75. The summed E-state index contributed by atoms with van der Waals surface area (Å²) in [6.07, 6.45) is 1.12. The van der Waals surface area contributed by atoms with Gasteiger partial charge in [-0.1, -0.05) is 24.3 Å². The molecule has 2 aromatic carbocycles. The second-order valence-corrected chi connectivity index (χ2v) is 5.47. The SMILES string of the molecule is CN(Cc1cccc(F)c1)Cc1ccc2c(c1)NCC2. The number of nitrogens with one attached hydrogen (secondary N) is 1. The molecular weight excluding hydrogens is 251 g/mol. The summed E-state index contributed by atoms with van der Waals surface area (Å²) in [5, 5.41) is 3.40. The van der Waals surface area contributed by atoms with E-state index in [1.807, 2.05) is 6.07 Å². The van der Waals surface area contributed by atoms with E-state index >= 15 is 0 Å². The molecule has 104 valence electrons. The number of halogens is 1. The molecule has 1 N–H and O–H groups in total. The smallest absolute Gasteiger partial charge is 0.123 e. The van der Waals surface area contributed by atoms with Crippen LogP contribution in [0.15, 0.2) is 42.5 Å². The molecular formula is C17H19FN2. The van der Waals surface area contributed by atoms with Crippen LogP contribution in [0.1, 0.15) is 16.7 Å². The normalized spacial score (nSPS) is 13.3. The van der Waals surface area contributed by atoms with Gasteiger partial charge in [0.25, 0.3) is 0 Å². The van der Waals surface area contributed by atoms with E-state index in [2.05, 4.69) is 35.5 Å². The minimum atomic E-state index is -0.169. The van der Waals surface area contributed by atoms with Crippen LogP contribution in [-0.2, 0) is 19.5 Å². The minimum absolute atomic E-state index is 0.169. The van der Waals surface area contributed by atoms with Crippen LogP contribution in [0.2, 0.25) is 0 Å². The van der Waals surface area contributed by atoms with Crippen molar-refractivity contribution >= 4 is 5.69 Å². The van der Waals surface area contributed by atoms with Crippen molar-refractivity contribution in [3.05, 3.63) is 65.0 Å². The molecule has 0 aromatic heterocycles. The molecule has 1 aliphatic rings. The maximum Gasteiger partial charge on any atom is 0.123 e. The van der Waals surface area contributed by atoms with Crippen molar-refractivity contribution in [3.63, 3.8) is 0 Å². The van der Waals surface area contributed by atoms with E-state index in [9.17, 15) is 4.39 Å². The largest absolute Gasteiger partial charge is 0.384 e. The highest BCUT2D eigenvalue weighted by Crippen LogP contribution is 2.23. The van der Waals surface area contributed by atoms with Crippen molar-refractivity contribution in [1.82, 2.24) is 4.90 Å². The Labute approximate surface area is 119 Å². The average molecular weight is 270 g/mol. The molecule has 2 nitrogen and oxygen atoms in total. The van der Waals surface area contributed by atoms with E-state index in [1.165, 1.54) is 22.9 Å². The van der Waals surface area contributed by atoms with Gasteiger partial charge in [0.05, 0.1) is 0 Å². The fourth-order valence-corrected chi connectivity index (χ4v) is 2.75. The Kier molecular flexibility index (Phi) is 3.70. The highest BCUT2D eigenvalue weighted by atomic mass is 19.1. The van der Waals surface area contributed by atoms with Gasteiger partial charge < -0.3 is 5.32 Å². The van der Waals surface area contributed by atoms with Crippen LogP contribution < -0.4 is 5.32 Å². The molecule has 2 aromatic rings. The van der Waals surface area contributed by atoms with Crippen LogP contribution in [0.3, 0.4) is 0 Å². The number of fused-ring (bicyclic) bond motifs is 1. The molecule has 0 aliphatic carbocycles. The first-order valence-electron chi connectivity index (χ1n) is 6.99. The molecule has 1 heterocycles. The lowest BCUT2D eigenvalue weighted by Gasteiger charge is -2.17. The highest BCUT2D eigenvalue weighted by molar-refractivity contribution is 5.57. The molecule has 3 rings (SSSR count). The summed E-state index contributed by atoms with van der Waals surface area (Å²) in [5.74, 6) is -0.169. The standard InChI is InChI=1S/C17H19FN2/c1-20(11-13-3-2-4-16(18)9-13)12-14-5-6-15-7-8-19-17(15)10-14/h2-6,9-10,19H,7-8,11-12H2,1H3. The molecule has 0 bridgehead atoms. The van der Waals surface area contributed by atoms with Crippen molar-refractivity contribution in [3.8, 4) is 0 Å². The predicted octanol–water partition coefficient (Wildman–Crippen LogP) is 3.43. The third-order valence-corrected chi connectivity index (χ3v) is 3.68. The zero-order valence-electron chi connectivity index (χ0n) is 11.7. The lowest BCUT2D eigenvalue weighted by Crippen LogP contribution is -2.17. The first kappa shape index (κ1) is 13.1. The molecule has 0 fully saturated rings. The minimum Gasteiger partial charge on any atom is -0.384 e. The van der Waals surface area contributed by atoms with Crippen molar-refractivity contribution in [2.75, 3.05) is 18.9 Å². The third kappa shape index (κ3) is 2.99. The van der Waals surface area contributed by atoms with Crippen LogP contribution in [-0.4, -0.2) is 18.5 Å². The number of hydrogen-bond acceptors (Lipinski definition) is 2. The van der Waals surface area contributed by atoms with Gasteiger partial charge in [-0.05, 0) is 48.4 Å². The van der Waals surface area contributed by atoms with Gasteiger partial charge in [0, 0.05) is 25.3 Å². The number of hydrogen-bond donors (Lipinski definition) is 1. The topological polar surface area (TPSA) is 15.3 Å². The molecule has 0 unspecified atom stereocenters. The summed E-state index contributed by atoms with van der Waals surface area (Å²) >= 11 is 0. The van der Waals surface area contributed by atoms with E-state index in [0.717, 1.165) is 31.6 Å². The first-order valence-corrected chi connectivity index (χ1v) is 6.99. The van der Waals surface area contributed by atoms with Crippen molar-refractivity contribution in [2.24, 2.45) is 0 Å². The fraction of sp³-hybridized carbons (Fsp3) is 0.294. The number of benzene rings is 2. The molecule has 0 radical (unpaired) electrons. The summed E-state index contributed by atoms with van der Waals surface area (Å²) in [5.41, 5.74) is 4.96. The Morgan fingerprint density at radius 1 is 1.10 bits per heavy atom. The second kappa shape index (κ2) is 5.63. The van der Waals surface area contributed by atoms with Gasteiger partial charge in [-0.3, -0.25) is 4.90 Å². The van der Waals surface area contributed by atoms with E-state index in [1.54, 1.807) is 12.1 Å². The molecule has 0 amide bonds. The Bertz CT molecular complexity index is 610. The van der Waals surface area contributed by atoms with Gasteiger partial charge in [0.15, 0.2) is 0 Å². The molecule has 3 heteroatoms. The van der Waals surface area contributed by atoms with E-state index in [4.69, 9.17) is 0 Å². The molecule has 0 atom stereocenters. The average Bonchev–Trinajstić information content (AvgIpc) is 2.86. The van der Waals surface area contributed by atoms with Crippen LogP contribution in [0.5, 0.6) is 0 Å². The quantitative estimate of drug-likeness (QED) is 0.915. The van der Waals surface area contributed by atoms with Gasteiger partial charge in [-0.15, -0.1) is 0 Å². The summed E-state index contributed by atoms with van der Waals surface area (Å²) < 4.78 is 13.2. The Hall–Kier alpha value is -1.87. The number of rotatable bonds is 4. The highest BCUT2D eigenvalue weighted by Gasteiger charge is 2.10. The van der Waals surface area contributed by atoms with Gasteiger partial charge in [0.2, 0.25) is 0 Å². The lowest BCUT2D eigenvalue weighted by atomic mass is 10.1. The van der Waals surface area contributed by atoms with Gasteiger partial charge in [0.1, 0.15) is 5.82 Å². The predicted molar refractivity (Wildman–Crippen MR) is 80.2 cm³/mol. The second-order valence-electron chi connectivity index (χ2n) is 5.47. The zero-order chi connectivity index (χ0) is 13.9. The summed E-state index contributed by atoms with van der Waals surface area (Å²) in [6.45, 7) is 2.66. The van der Waals surface area contributed by atoms with Gasteiger partial charge >= 0.3 is 0 Å². The Balaban J connectivity index is 1.65. The van der Waals surface area contributed by atoms with E-state index in [-0.39, 0.29) is 5.82 Å². The van der Waals surface area contributed by atoms with Crippen LogP contribution in [0.25, 0.3) is 0 Å². The first-order chi connectivity index (χ1) is 9.70. The number of nitrogens with zero attached hydrogens (tertiary/aromatic N) is 1. The van der Waals surface area contributed by atoms with Gasteiger partial charge in [-0.25, -0.2) is 4.39 Å². The zero-order valence-corrected chi connectivity index (χ0v) is 11.7. The number of anilines is 1. The van der Waals surface area contributed by atoms with E-state index in [0.29, 0.717) is 0 Å². The van der Waals surface area contributed by atoms with Crippen LogP contribution in [0, 0.1) is 5.82 Å². The van der Waals surface area contributed by atoms with Crippen molar-refractivity contribution in [2.45, 2.75) is 19.5 Å². The monoisotopic (exact) mass is 270 g/mol. The van der Waals surface area contributed by atoms with Crippen molar-refractivity contribution < 1.29 is 4.39 Å². The molecule has 0 saturated heterocycles.